The lowest BCUT2D eigenvalue weighted by Crippen LogP contribution is -2.06. The third-order valence-corrected chi connectivity index (χ3v) is 3.34. The van der Waals surface area contributed by atoms with E-state index < -0.39 is 17.7 Å². The SMILES string of the molecule is Cc1cc(Nc2cc(C(F)(F)F)ccn2)nc(-c2ccnc(F)c2)c1. The van der Waals surface area contributed by atoms with E-state index in [1.807, 2.05) is 0 Å². The molecule has 0 aliphatic heterocycles. The van der Waals surface area contributed by atoms with Crippen molar-refractivity contribution in [2.24, 2.45) is 0 Å². The van der Waals surface area contributed by atoms with Crippen LogP contribution in [0.15, 0.2) is 48.8 Å². The molecule has 0 amide bonds. The Morgan fingerprint density at radius 3 is 2.40 bits per heavy atom. The van der Waals surface area contributed by atoms with Gasteiger partial charge >= 0.3 is 6.18 Å². The summed E-state index contributed by atoms with van der Waals surface area (Å²) >= 11 is 0. The first-order valence-electron chi connectivity index (χ1n) is 7.22. The predicted octanol–water partition coefficient (Wildman–Crippen LogP) is 4.75. The Bertz CT molecular complexity index is 909. The van der Waals surface area contributed by atoms with E-state index in [1.165, 1.54) is 12.3 Å². The van der Waals surface area contributed by atoms with Crippen molar-refractivity contribution in [1.29, 1.82) is 0 Å². The quantitative estimate of drug-likeness (QED) is 0.548. The van der Waals surface area contributed by atoms with Crippen LogP contribution in [0.3, 0.4) is 0 Å². The Morgan fingerprint density at radius 2 is 1.68 bits per heavy atom. The van der Waals surface area contributed by atoms with Crippen molar-refractivity contribution in [2.75, 3.05) is 5.32 Å². The minimum atomic E-state index is -4.46. The summed E-state index contributed by atoms with van der Waals surface area (Å²) < 4.78 is 51.6. The van der Waals surface area contributed by atoms with Gasteiger partial charge in [-0.15, -0.1) is 0 Å². The highest BCUT2D eigenvalue weighted by Crippen LogP contribution is 2.30. The maximum atomic E-state index is 13.3. The van der Waals surface area contributed by atoms with E-state index in [-0.39, 0.29) is 5.82 Å². The fourth-order valence-corrected chi connectivity index (χ4v) is 2.25. The normalized spacial score (nSPS) is 11.4. The summed E-state index contributed by atoms with van der Waals surface area (Å²) in [5.74, 6) is -0.325. The van der Waals surface area contributed by atoms with Gasteiger partial charge in [-0.05, 0) is 42.8 Å². The van der Waals surface area contributed by atoms with Crippen LogP contribution in [0, 0.1) is 12.9 Å². The number of nitrogens with zero attached hydrogens (tertiary/aromatic N) is 3. The second-order valence-corrected chi connectivity index (χ2v) is 5.33. The molecule has 0 unspecified atom stereocenters. The predicted molar refractivity (Wildman–Crippen MR) is 84.7 cm³/mol. The number of halogens is 4. The summed E-state index contributed by atoms with van der Waals surface area (Å²) in [6, 6.07) is 8.00. The monoisotopic (exact) mass is 348 g/mol. The van der Waals surface area contributed by atoms with Gasteiger partial charge in [-0.1, -0.05) is 0 Å². The maximum absolute atomic E-state index is 13.3. The number of hydrogen-bond donors (Lipinski definition) is 1. The highest BCUT2D eigenvalue weighted by molar-refractivity contribution is 5.64. The fourth-order valence-electron chi connectivity index (χ4n) is 2.25. The first-order chi connectivity index (χ1) is 11.8. The third kappa shape index (κ3) is 4.09. The Hall–Kier alpha value is -3.03. The zero-order valence-corrected chi connectivity index (χ0v) is 13.0. The van der Waals surface area contributed by atoms with Crippen molar-refractivity contribution >= 4 is 11.6 Å². The van der Waals surface area contributed by atoms with E-state index in [1.54, 1.807) is 25.1 Å². The largest absolute Gasteiger partial charge is 0.416 e. The van der Waals surface area contributed by atoms with Gasteiger partial charge in [0.05, 0.1) is 11.3 Å². The molecule has 3 aromatic rings. The standard InChI is InChI=1S/C17H12F4N4/c1-10-6-13(11-2-4-22-14(18)8-11)24-16(7-10)25-15-9-12(3-5-23-15)17(19,20)21/h2-9H,1H3,(H,23,24,25). The van der Waals surface area contributed by atoms with Gasteiger partial charge in [0.2, 0.25) is 5.95 Å². The molecule has 0 aliphatic rings. The third-order valence-electron chi connectivity index (χ3n) is 3.34. The van der Waals surface area contributed by atoms with Crippen molar-refractivity contribution in [3.05, 3.63) is 65.9 Å². The number of aryl methyl sites for hydroxylation is 1. The van der Waals surface area contributed by atoms with Crippen molar-refractivity contribution in [3.63, 3.8) is 0 Å². The van der Waals surface area contributed by atoms with Crippen LogP contribution in [0.4, 0.5) is 29.2 Å². The molecule has 1 N–H and O–H groups in total. The molecule has 0 fully saturated rings. The number of pyridine rings is 3. The van der Waals surface area contributed by atoms with Crippen molar-refractivity contribution < 1.29 is 17.6 Å². The van der Waals surface area contributed by atoms with Crippen LogP contribution in [0.2, 0.25) is 0 Å². The molecule has 4 nitrogen and oxygen atoms in total. The first-order valence-corrected chi connectivity index (χ1v) is 7.22. The Labute approximate surface area is 140 Å². The van der Waals surface area contributed by atoms with Gasteiger partial charge in [0.25, 0.3) is 0 Å². The number of hydrogen-bond acceptors (Lipinski definition) is 4. The van der Waals surface area contributed by atoms with Crippen LogP contribution in [0.25, 0.3) is 11.3 Å². The highest BCUT2D eigenvalue weighted by Gasteiger charge is 2.30. The summed E-state index contributed by atoms with van der Waals surface area (Å²) in [4.78, 5) is 11.7. The first kappa shape index (κ1) is 16.8. The highest BCUT2D eigenvalue weighted by atomic mass is 19.4. The van der Waals surface area contributed by atoms with Crippen LogP contribution in [-0.2, 0) is 6.18 Å². The van der Waals surface area contributed by atoms with Gasteiger partial charge in [-0.25, -0.2) is 15.0 Å². The van der Waals surface area contributed by atoms with Gasteiger partial charge < -0.3 is 5.32 Å². The van der Waals surface area contributed by atoms with Crippen LogP contribution in [0.5, 0.6) is 0 Å². The lowest BCUT2D eigenvalue weighted by molar-refractivity contribution is -0.137. The summed E-state index contributed by atoms with van der Waals surface area (Å²) in [5, 5.41) is 2.75. The van der Waals surface area contributed by atoms with E-state index in [4.69, 9.17) is 0 Å². The molecule has 0 aliphatic carbocycles. The number of alkyl halides is 3. The average Bonchev–Trinajstić information content (AvgIpc) is 2.54. The summed E-state index contributed by atoms with van der Waals surface area (Å²) in [5.41, 5.74) is 0.970. The average molecular weight is 348 g/mol. The minimum absolute atomic E-state index is 0.0137. The van der Waals surface area contributed by atoms with Crippen molar-refractivity contribution in [2.45, 2.75) is 13.1 Å². The number of nitrogens with one attached hydrogen (secondary N) is 1. The van der Waals surface area contributed by atoms with Gasteiger partial charge in [0.1, 0.15) is 11.6 Å². The molecule has 3 rings (SSSR count). The van der Waals surface area contributed by atoms with Crippen molar-refractivity contribution in [1.82, 2.24) is 15.0 Å². The molecule has 0 saturated heterocycles. The molecule has 128 valence electrons. The molecule has 0 bridgehead atoms. The summed E-state index contributed by atoms with van der Waals surface area (Å²) in [6.45, 7) is 1.80. The number of anilines is 2. The van der Waals surface area contributed by atoms with Gasteiger partial charge in [0, 0.05) is 24.0 Å². The topological polar surface area (TPSA) is 50.7 Å². The van der Waals surface area contributed by atoms with E-state index in [2.05, 4.69) is 20.3 Å². The lowest BCUT2D eigenvalue weighted by Gasteiger charge is -2.11. The molecule has 3 aromatic heterocycles. The van der Waals surface area contributed by atoms with Crippen LogP contribution in [0.1, 0.15) is 11.1 Å². The maximum Gasteiger partial charge on any atom is 0.416 e. The molecule has 0 radical (unpaired) electrons. The fraction of sp³-hybridized carbons (Fsp3) is 0.118. The smallest absolute Gasteiger partial charge is 0.325 e. The van der Waals surface area contributed by atoms with E-state index in [9.17, 15) is 17.6 Å². The zero-order chi connectivity index (χ0) is 18.0. The summed E-state index contributed by atoms with van der Waals surface area (Å²) in [6.07, 6.45) is -2.07. The van der Waals surface area contributed by atoms with E-state index in [0.717, 1.165) is 23.9 Å². The Morgan fingerprint density at radius 1 is 0.920 bits per heavy atom. The molecular formula is C17H12F4N4. The minimum Gasteiger partial charge on any atom is -0.325 e. The van der Waals surface area contributed by atoms with Crippen LogP contribution >= 0.6 is 0 Å². The molecular weight excluding hydrogens is 336 g/mol. The van der Waals surface area contributed by atoms with Gasteiger partial charge in [0.15, 0.2) is 0 Å². The molecule has 0 atom stereocenters. The van der Waals surface area contributed by atoms with Crippen molar-refractivity contribution in [3.8, 4) is 11.3 Å². The van der Waals surface area contributed by atoms with E-state index in [0.29, 0.717) is 17.1 Å². The number of aromatic nitrogens is 3. The van der Waals surface area contributed by atoms with Gasteiger partial charge in [-0.2, -0.15) is 17.6 Å². The second kappa shape index (κ2) is 6.46. The molecule has 3 heterocycles. The summed E-state index contributed by atoms with van der Waals surface area (Å²) in [7, 11) is 0. The van der Waals surface area contributed by atoms with Crippen LogP contribution < -0.4 is 5.32 Å². The number of rotatable bonds is 3. The molecule has 0 aromatic carbocycles. The molecule has 0 spiro atoms. The Kier molecular flexibility index (Phi) is 4.35. The van der Waals surface area contributed by atoms with E-state index >= 15 is 0 Å². The molecule has 8 heteroatoms. The Balaban J connectivity index is 1.94. The zero-order valence-electron chi connectivity index (χ0n) is 13.0. The van der Waals surface area contributed by atoms with Crippen LogP contribution in [-0.4, -0.2) is 15.0 Å². The lowest BCUT2D eigenvalue weighted by atomic mass is 10.1. The molecule has 25 heavy (non-hydrogen) atoms. The second-order valence-electron chi connectivity index (χ2n) is 5.33. The molecule has 0 saturated carbocycles. The van der Waals surface area contributed by atoms with Gasteiger partial charge in [-0.3, -0.25) is 0 Å².